The third kappa shape index (κ3) is 2.53. The minimum Gasteiger partial charge on any atom is -0.480 e. The topological polar surface area (TPSA) is 111 Å². The number of rotatable bonds is 4. The molecule has 8 heteroatoms. The Morgan fingerprint density at radius 1 is 1.43 bits per heavy atom. The second-order valence-electron chi connectivity index (χ2n) is 5.53. The van der Waals surface area contributed by atoms with Gasteiger partial charge in [-0.05, 0) is 18.2 Å². The normalized spacial score (nSPS) is 18.0. The van der Waals surface area contributed by atoms with Gasteiger partial charge in [0.15, 0.2) is 5.76 Å². The lowest BCUT2D eigenvalue weighted by molar-refractivity contribution is -0.144. The van der Waals surface area contributed by atoms with Gasteiger partial charge in [0.05, 0.1) is 24.3 Å². The van der Waals surface area contributed by atoms with E-state index in [0.717, 1.165) is 17.1 Å². The number of aromatic nitrogens is 4. The number of carbonyl (C=O) groups is 1. The van der Waals surface area contributed by atoms with E-state index in [9.17, 15) is 9.90 Å². The Bertz CT molecular complexity index is 820. The molecule has 23 heavy (non-hydrogen) atoms. The summed E-state index contributed by atoms with van der Waals surface area (Å²) in [6.07, 6.45) is 3.65. The van der Waals surface area contributed by atoms with E-state index in [1.807, 2.05) is 23.1 Å². The van der Waals surface area contributed by atoms with Crippen LogP contribution in [0.1, 0.15) is 17.1 Å². The minimum atomic E-state index is -0.848. The predicted molar refractivity (Wildman–Crippen MR) is 79.3 cm³/mol. The molecule has 0 aromatic carbocycles. The second kappa shape index (κ2) is 5.40. The number of carboxylic acid groups (broad SMARTS) is 1. The van der Waals surface area contributed by atoms with Gasteiger partial charge in [-0.15, -0.1) is 0 Å². The molecule has 8 nitrogen and oxygen atoms in total. The fourth-order valence-corrected chi connectivity index (χ4v) is 2.90. The Hall–Kier alpha value is -2.87. The van der Waals surface area contributed by atoms with Crippen LogP contribution in [0.5, 0.6) is 0 Å². The van der Waals surface area contributed by atoms with Gasteiger partial charge in [-0.2, -0.15) is 5.10 Å². The molecule has 0 spiro atoms. The number of fused-ring (bicyclic) bond motifs is 1. The first kappa shape index (κ1) is 13.8. The number of aliphatic carboxylic acids is 1. The van der Waals surface area contributed by atoms with Crippen LogP contribution < -0.4 is 0 Å². The summed E-state index contributed by atoms with van der Waals surface area (Å²) < 4.78 is 5.80. The van der Waals surface area contributed by atoms with Crippen LogP contribution in [-0.2, 0) is 24.3 Å². The lowest BCUT2D eigenvalue weighted by atomic mass is 10.0. The number of nitrogens with one attached hydrogen (secondary N) is 2. The third-order valence-electron chi connectivity index (χ3n) is 4.07. The molecule has 1 atom stereocenters. The molecule has 0 saturated heterocycles. The van der Waals surface area contributed by atoms with Crippen LogP contribution in [0.2, 0.25) is 0 Å². The van der Waals surface area contributed by atoms with Crippen molar-refractivity contribution in [3.63, 3.8) is 0 Å². The second-order valence-corrected chi connectivity index (χ2v) is 5.53. The maximum Gasteiger partial charge on any atom is 0.321 e. The zero-order valence-electron chi connectivity index (χ0n) is 12.2. The maximum absolute atomic E-state index is 11.6. The van der Waals surface area contributed by atoms with E-state index in [4.69, 9.17) is 4.42 Å². The van der Waals surface area contributed by atoms with Crippen LogP contribution in [0.15, 0.2) is 35.1 Å². The molecule has 0 unspecified atom stereocenters. The van der Waals surface area contributed by atoms with E-state index in [1.54, 1.807) is 12.5 Å². The van der Waals surface area contributed by atoms with Crippen molar-refractivity contribution < 1.29 is 14.3 Å². The highest BCUT2D eigenvalue weighted by molar-refractivity contribution is 5.74. The molecular weight excluding hydrogens is 298 g/mol. The average Bonchev–Trinajstić information content (AvgIpc) is 3.27. The Morgan fingerprint density at radius 2 is 2.35 bits per heavy atom. The van der Waals surface area contributed by atoms with Crippen LogP contribution in [-0.4, -0.2) is 42.2 Å². The molecule has 0 aliphatic carbocycles. The summed E-state index contributed by atoms with van der Waals surface area (Å²) in [7, 11) is 0. The number of carboxylic acids is 1. The van der Waals surface area contributed by atoms with E-state index >= 15 is 0 Å². The van der Waals surface area contributed by atoms with Crippen molar-refractivity contribution >= 4 is 5.97 Å². The van der Waals surface area contributed by atoms with Gasteiger partial charge < -0.3 is 14.5 Å². The minimum absolute atomic E-state index is 0.391. The number of H-pyrrole nitrogens is 2. The van der Waals surface area contributed by atoms with E-state index in [0.29, 0.717) is 31.0 Å². The summed E-state index contributed by atoms with van der Waals surface area (Å²) >= 11 is 0. The molecule has 118 valence electrons. The zero-order valence-corrected chi connectivity index (χ0v) is 12.2. The van der Waals surface area contributed by atoms with Gasteiger partial charge in [-0.3, -0.25) is 14.8 Å². The van der Waals surface area contributed by atoms with Crippen LogP contribution in [0, 0.1) is 0 Å². The highest BCUT2D eigenvalue weighted by Gasteiger charge is 2.33. The summed E-state index contributed by atoms with van der Waals surface area (Å²) in [5, 5.41) is 16.2. The first-order chi connectivity index (χ1) is 11.2. The molecule has 1 aliphatic rings. The van der Waals surface area contributed by atoms with Gasteiger partial charge in [-0.1, -0.05) is 0 Å². The number of aromatic amines is 2. The van der Waals surface area contributed by atoms with Crippen molar-refractivity contribution in [2.75, 3.05) is 0 Å². The first-order valence-corrected chi connectivity index (χ1v) is 7.27. The monoisotopic (exact) mass is 313 g/mol. The SMILES string of the molecule is O=C(O)[C@@H]1Cc2nc[nH]c2CN1Cc1ccc(-c2ccn[nH]2)o1. The third-order valence-corrected chi connectivity index (χ3v) is 4.07. The largest absolute Gasteiger partial charge is 0.480 e. The molecule has 3 aromatic heterocycles. The number of hydrogen-bond donors (Lipinski definition) is 3. The smallest absolute Gasteiger partial charge is 0.321 e. The van der Waals surface area contributed by atoms with Gasteiger partial charge in [-0.25, -0.2) is 4.98 Å². The summed E-state index contributed by atoms with van der Waals surface area (Å²) in [5.41, 5.74) is 2.58. The molecule has 4 heterocycles. The van der Waals surface area contributed by atoms with Crippen LogP contribution in [0.25, 0.3) is 11.5 Å². The van der Waals surface area contributed by atoms with Crippen molar-refractivity contribution in [1.82, 2.24) is 25.1 Å². The molecule has 3 aromatic rings. The summed E-state index contributed by atoms with van der Waals surface area (Å²) in [5.74, 6) is 0.548. The first-order valence-electron chi connectivity index (χ1n) is 7.27. The molecule has 0 saturated carbocycles. The van der Waals surface area contributed by atoms with E-state index in [2.05, 4.69) is 20.2 Å². The quantitative estimate of drug-likeness (QED) is 0.671. The molecule has 0 bridgehead atoms. The van der Waals surface area contributed by atoms with Crippen LogP contribution >= 0.6 is 0 Å². The standard InChI is InChI=1S/C15H15N5O3/c21-15(22)13-5-11-12(17-8-16-11)7-20(13)6-9-1-2-14(23-9)10-3-4-18-19-10/h1-4,8,13H,5-7H2,(H,16,17)(H,18,19)(H,21,22)/t13-/m0/s1. The van der Waals surface area contributed by atoms with E-state index in [-0.39, 0.29) is 0 Å². The maximum atomic E-state index is 11.6. The number of imidazole rings is 1. The lowest BCUT2D eigenvalue weighted by Gasteiger charge is -2.31. The fraction of sp³-hybridized carbons (Fsp3) is 0.267. The van der Waals surface area contributed by atoms with Gasteiger partial charge in [0, 0.05) is 19.2 Å². The Balaban J connectivity index is 1.56. The Morgan fingerprint density at radius 3 is 3.13 bits per heavy atom. The molecule has 0 radical (unpaired) electrons. The van der Waals surface area contributed by atoms with Crippen molar-refractivity contribution in [1.29, 1.82) is 0 Å². The average molecular weight is 313 g/mol. The molecule has 3 N–H and O–H groups in total. The Labute approximate surface area is 131 Å². The fourth-order valence-electron chi connectivity index (χ4n) is 2.90. The van der Waals surface area contributed by atoms with E-state index < -0.39 is 12.0 Å². The number of nitrogens with zero attached hydrogens (tertiary/aromatic N) is 3. The zero-order chi connectivity index (χ0) is 15.8. The molecular formula is C15H15N5O3. The molecule has 1 aliphatic heterocycles. The van der Waals surface area contributed by atoms with Crippen LogP contribution in [0.3, 0.4) is 0 Å². The summed E-state index contributed by atoms with van der Waals surface area (Å²) in [4.78, 5) is 20.7. The highest BCUT2D eigenvalue weighted by Crippen LogP contribution is 2.25. The van der Waals surface area contributed by atoms with Crippen molar-refractivity contribution in [3.8, 4) is 11.5 Å². The summed E-state index contributed by atoms with van der Waals surface area (Å²) in [6.45, 7) is 0.927. The van der Waals surface area contributed by atoms with Crippen LogP contribution in [0.4, 0.5) is 0 Å². The predicted octanol–water partition coefficient (Wildman–Crippen LogP) is 1.40. The number of hydrogen-bond acceptors (Lipinski definition) is 5. The summed E-state index contributed by atoms with van der Waals surface area (Å²) in [6, 6.07) is 4.92. The Kier molecular flexibility index (Phi) is 3.23. The molecule has 0 fully saturated rings. The van der Waals surface area contributed by atoms with Gasteiger partial charge in [0.25, 0.3) is 0 Å². The van der Waals surface area contributed by atoms with Gasteiger partial charge >= 0.3 is 5.97 Å². The molecule has 4 rings (SSSR count). The van der Waals surface area contributed by atoms with E-state index in [1.165, 1.54) is 0 Å². The van der Waals surface area contributed by atoms with Gasteiger partial charge in [0.2, 0.25) is 0 Å². The number of furan rings is 1. The van der Waals surface area contributed by atoms with Crippen molar-refractivity contribution in [3.05, 3.63) is 47.9 Å². The molecule has 0 amide bonds. The van der Waals surface area contributed by atoms with Gasteiger partial charge in [0.1, 0.15) is 17.5 Å². The van der Waals surface area contributed by atoms with Crippen molar-refractivity contribution in [2.45, 2.75) is 25.6 Å². The highest BCUT2D eigenvalue weighted by atomic mass is 16.4. The lowest BCUT2D eigenvalue weighted by Crippen LogP contribution is -2.45. The van der Waals surface area contributed by atoms with Crippen molar-refractivity contribution in [2.24, 2.45) is 0 Å².